The Kier molecular flexibility index (Phi) is 12.5. The van der Waals surface area contributed by atoms with E-state index in [1.54, 1.807) is 38.8 Å². The highest BCUT2D eigenvalue weighted by Gasteiger charge is 2.39. The number of aromatic nitrogens is 2. The molecule has 0 radical (unpaired) electrons. The number of amides is 4. The molecule has 5 heterocycles. The van der Waals surface area contributed by atoms with Crippen LogP contribution in [-0.2, 0) is 38.3 Å². The third-order valence-corrected chi connectivity index (χ3v) is 14.3. The molecule has 4 amide bonds. The molecule has 3 aromatic carbocycles. The van der Waals surface area contributed by atoms with Crippen LogP contribution >= 0.6 is 18.7 Å². The highest BCUT2D eigenvalue weighted by molar-refractivity contribution is 7.70. The van der Waals surface area contributed by atoms with Gasteiger partial charge in [0.05, 0.1) is 24.4 Å². The van der Waals surface area contributed by atoms with Gasteiger partial charge in [-0.2, -0.15) is 0 Å². The van der Waals surface area contributed by atoms with Crippen molar-refractivity contribution in [1.82, 2.24) is 30.0 Å². The predicted octanol–water partition coefficient (Wildman–Crippen LogP) is 4.55. The lowest BCUT2D eigenvalue weighted by atomic mass is 10.0. The molecular weight excluding hydrogens is 815 g/mol. The number of fused-ring (bicyclic) bond motifs is 1. The zero-order valence-electron chi connectivity index (χ0n) is 34.9. The van der Waals surface area contributed by atoms with Crippen LogP contribution in [0.15, 0.2) is 66.9 Å². The highest BCUT2D eigenvalue weighted by Crippen LogP contribution is 2.37. The summed E-state index contributed by atoms with van der Waals surface area (Å²) in [6, 6.07) is 19.3. The van der Waals surface area contributed by atoms with Crippen LogP contribution in [0.25, 0.3) is 0 Å². The van der Waals surface area contributed by atoms with Gasteiger partial charge in [-0.15, -0.1) is 0 Å². The first-order chi connectivity index (χ1) is 29.3. The molecule has 0 bridgehead atoms. The Balaban J connectivity index is 0.800. The molecular formula is C45H52ClN8O6P. The number of benzene rings is 3. The molecule has 4 aliphatic heterocycles. The van der Waals surface area contributed by atoms with Gasteiger partial charge >= 0.3 is 0 Å². The van der Waals surface area contributed by atoms with E-state index in [0.717, 1.165) is 78.1 Å². The minimum atomic E-state index is -2.48. The van der Waals surface area contributed by atoms with Gasteiger partial charge in [0.2, 0.25) is 17.7 Å². The summed E-state index contributed by atoms with van der Waals surface area (Å²) >= 11 is 6.57. The maximum atomic E-state index is 13.2. The van der Waals surface area contributed by atoms with E-state index in [1.807, 2.05) is 35.2 Å². The molecule has 16 heteroatoms. The van der Waals surface area contributed by atoms with Crippen LogP contribution in [0.5, 0.6) is 5.75 Å². The van der Waals surface area contributed by atoms with Crippen LogP contribution < -0.4 is 25.6 Å². The molecule has 1 aromatic heterocycles. The number of piperazine rings is 1. The zero-order valence-corrected chi connectivity index (χ0v) is 36.5. The van der Waals surface area contributed by atoms with E-state index in [1.165, 1.54) is 4.90 Å². The van der Waals surface area contributed by atoms with Gasteiger partial charge in [-0.3, -0.25) is 29.4 Å². The smallest absolute Gasteiger partial charge is 0.255 e. The van der Waals surface area contributed by atoms with E-state index in [0.29, 0.717) is 60.5 Å². The number of carbonyl (C=O) groups excluding carboxylic acids is 4. The number of nitrogens with zero attached hydrogens (tertiary/aromatic N) is 6. The summed E-state index contributed by atoms with van der Waals surface area (Å²) in [4.78, 5) is 68.0. The van der Waals surface area contributed by atoms with Crippen molar-refractivity contribution in [2.24, 2.45) is 0 Å². The third-order valence-electron chi connectivity index (χ3n) is 12.4. The second kappa shape index (κ2) is 18.0. The number of hydrogen-bond donors (Lipinski definition) is 2. The molecule has 320 valence electrons. The van der Waals surface area contributed by atoms with Crippen LogP contribution in [0.1, 0.15) is 64.2 Å². The summed E-state index contributed by atoms with van der Waals surface area (Å²) < 4.78 is 18.8. The van der Waals surface area contributed by atoms with Crippen LogP contribution in [0.4, 0.5) is 11.4 Å². The lowest BCUT2D eigenvalue weighted by molar-refractivity contribution is -0.137. The number of nitrogens with one attached hydrogen (secondary N) is 2. The Labute approximate surface area is 361 Å². The highest BCUT2D eigenvalue weighted by atomic mass is 35.5. The fourth-order valence-electron chi connectivity index (χ4n) is 9.06. The van der Waals surface area contributed by atoms with Crippen molar-refractivity contribution in [3.05, 3.63) is 106 Å². The largest absolute Gasteiger partial charge is 0.496 e. The van der Waals surface area contributed by atoms with Crippen molar-refractivity contribution in [1.29, 1.82) is 0 Å². The molecule has 1 atom stereocenters. The van der Waals surface area contributed by atoms with E-state index >= 15 is 0 Å². The maximum absolute atomic E-state index is 13.2. The van der Waals surface area contributed by atoms with Gasteiger partial charge in [0, 0.05) is 111 Å². The van der Waals surface area contributed by atoms with E-state index < -0.39 is 19.1 Å². The second-order valence-corrected chi connectivity index (χ2v) is 20.3. The van der Waals surface area contributed by atoms with E-state index in [-0.39, 0.29) is 37.2 Å². The summed E-state index contributed by atoms with van der Waals surface area (Å²) in [5.74, 6) is 0.479. The van der Waals surface area contributed by atoms with E-state index in [9.17, 15) is 23.7 Å². The topological polar surface area (TPSA) is 157 Å². The van der Waals surface area contributed by atoms with Crippen molar-refractivity contribution in [2.75, 3.05) is 76.5 Å². The van der Waals surface area contributed by atoms with Gasteiger partial charge in [0.1, 0.15) is 24.8 Å². The molecule has 3 fully saturated rings. The quantitative estimate of drug-likeness (QED) is 0.152. The summed E-state index contributed by atoms with van der Waals surface area (Å²) in [6.45, 7) is 8.83. The first kappa shape index (κ1) is 42.4. The van der Waals surface area contributed by atoms with Crippen LogP contribution in [0.2, 0.25) is 5.02 Å². The summed E-state index contributed by atoms with van der Waals surface area (Å²) in [5.41, 5.74) is 5.82. The van der Waals surface area contributed by atoms with Gasteiger partial charge in [-0.1, -0.05) is 41.9 Å². The van der Waals surface area contributed by atoms with Crippen LogP contribution in [0.3, 0.4) is 0 Å². The molecule has 1 unspecified atom stereocenters. The minimum absolute atomic E-state index is 0.0310. The number of piperidine rings is 2. The Bertz CT molecular complexity index is 2390. The molecule has 4 aliphatic rings. The number of imide groups is 1. The number of halogens is 1. The Morgan fingerprint density at radius 2 is 1.70 bits per heavy atom. The molecule has 0 spiro atoms. The van der Waals surface area contributed by atoms with Crippen molar-refractivity contribution in [3.8, 4) is 5.75 Å². The standard InChI is InChI=1S/C45H52ClN8O6P/c1-60-39-25-34(10-8-29(39)24-41-48-26-36(46)37(49-41)23-30-6-4-5-7-40(30)61(2,3)59)51-16-14-33(15-17-51)52-18-20-53(21-19-52)43(56)27-47-32-9-11-35-31(22-32)28-54(45(35)58)38-12-13-42(55)50-44(38)57/h4-11,22,25-26,33,38,47H,12-21,23-24,27-28H2,1-3H3,(H,50,55,57). The molecule has 3 saturated heterocycles. The van der Waals surface area contributed by atoms with Gasteiger partial charge < -0.3 is 29.3 Å². The number of anilines is 2. The van der Waals surface area contributed by atoms with Gasteiger partial charge in [0.25, 0.3) is 5.91 Å². The normalized spacial score (nSPS) is 18.9. The Hall–Kier alpha value is -5.30. The maximum Gasteiger partial charge on any atom is 0.255 e. The molecule has 14 nitrogen and oxygen atoms in total. The van der Waals surface area contributed by atoms with Crippen LogP contribution in [0, 0.1) is 0 Å². The number of carbonyl (C=O) groups is 4. The van der Waals surface area contributed by atoms with Gasteiger partial charge in [-0.25, -0.2) is 9.97 Å². The summed E-state index contributed by atoms with van der Waals surface area (Å²) in [5, 5.41) is 6.89. The van der Waals surface area contributed by atoms with E-state index in [4.69, 9.17) is 21.3 Å². The molecule has 8 rings (SSSR count). The van der Waals surface area contributed by atoms with Gasteiger partial charge in [0.15, 0.2) is 0 Å². The van der Waals surface area contributed by atoms with Crippen molar-refractivity contribution in [2.45, 2.75) is 57.2 Å². The first-order valence-corrected chi connectivity index (χ1v) is 23.9. The van der Waals surface area contributed by atoms with Gasteiger partial charge in [-0.05, 0) is 68.0 Å². The van der Waals surface area contributed by atoms with E-state index in [2.05, 4.69) is 43.6 Å². The predicted molar refractivity (Wildman–Crippen MR) is 236 cm³/mol. The fourth-order valence-corrected chi connectivity index (χ4v) is 10.5. The number of rotatable bonds is 12. The number of methoxy groups -OCH3 is 1. The fraction of sp³-hybridized carbons (Fsp3) is 0.422. The third kappa shape index (κ3) is 9.46. The first-order valence-electron chi connectivity index (χ1n) is 20.9. The zero-order chi connectivity index (χ0) is 42.8. The average molecular weight is 867 g/mol. The lowest BCUT2D eigenvalue weighted by Crippen LogP contribution is -2.55. The molecule has 4 aromatic rings. The van der Waals surface area contributed by atoms with Crippen LogP contribution in [-0.4, -0.2) is 127 Å². The number of ether oxygens (including phenoxy) is 1. The molecule has 0 aliphatic carbocycles. The molecule has 61 heavy (non-hydrogen) atoms. The average Bonchev–Trinajstić information content (AvgIpc) is 3.58. The lowest BCUT2D eigenvalue weighted by Gasteiger charge is -2.43. The van der Waals surface area contributed by atoms with Crippen molar-refractivity contribution >= 4 is 59.1 Å². The summed E-state index contributed by atoms with van der Waals surface area (Å²) in [7, 11) is -0.796. The minimum Gasteiger partial charge on any atom is -0.496 e. The second-order valence-electron chi connectivity index (χ2n) is 16.7. The number of hydrogen-bond acceptors (Lipinski definition) is 11. The monoisotopic (exact) mass is 866 g/mol. The summed E-state index contributed by atoms with van der Waals surface area (Å²) in [6.07, 6.45) is 5.16. The molecule has 0 saturated carbocycles. The van der Waals surface area contributed by atoms with Crippen molar-refractivity contribution < 1.29 is 28.5 Å². The Morgan fingerprint density at radius 1 is 0.934 bits per heavy atom. The molecule has 2 N–H and O–H groups in total. The Morgan fingerprint density at radius 3 is 2.44 bits per heavy atom. The SMILES string of the molecule is COc1cc(N2CCC(N3CCN(C(=O)CNc4ccc5c(c4)CN(C4CCC(=O)NC4=O)C5=O)CC3)CC2)ccc1Cc1ncc(Cl)c(Cc2ccccc2P(C)(C)=O)n1. The van der Waals surface area contributed by atoms with Crippen molar-refractivity contribution in [3.63, 3.8) is 0 Å².